The van der Waals surface area contributed by atoms with Crippen LogP contribution in [0.2, 0.25) is 0 Å². The van der Waals surface area contributed by atoms with Gasteiger partial charge in [0.1, 0.15) is 5.75 Å². The Morgan fingerprint density at radius 3 is 2.68 bits per heavy atom. The van der Waals surface area contributed by atoms with Crippen LogP contribution in [0.1, 0.15) is 11.3 Å². The Kier molecular flexibility index (Phi) is 4.78. The average molecular weight is 349 g/mol. The van der Waals surface area contributed by atoms with Crippen molar-refractivity contribution in [3.05, 3.63) is 66.0 Å². The van der Waals surface area contributed by atoms with Crippen molar-refractivity contribution < 1.29 is 9.32 Å². The van der Waals surface area contributed by atoms with Crippen LogP contribution >= 0.6 is 0 Å². The summed E-state index contributed by atoms with van der Waals surface area (Å²) in [5, 5.41) is 9.49. The van der Waals surface area contributed by atoms with Crippen molar-refractivity contribution in [1.29, 1.82) is 0 Å². The fourth-order valence-corrected chi connectivity index (χ4v) is 3.02. The van der Waals surface area contributed by atoms with E-state index in [2.05, 4.69) is 21.8 Å². The van der Waals surface area contributed by atoms with E-state index in [1.165, 1.54) is 0 Å². The first kappa shape index (κ1) is 16.7. The molecule has 6 heteroatoms. The van der Waals surface area contributed by atoms with E-state index in [9.17, 15) is 9.32 Å². The smallest absolute Gasteiger partial charge is 0.158 e. The minimum absolute atomic E-state index is 0.138. The standard InChI is InChI=1S/C19H15N3O2S/c1-25(24)18-8-3-2-7-15(18)17-12-21-19(20)16(22-17)10-9-13-5-4-6-14(23)11-13/h2-8,11-12,23H,1H3,(H2,20,21). The van der Waals surface area contributed by atoms with Crippen LogP contribution < -0.4 is 5.73 Å². The fourth-order valence-electron chi connectivity index (χ4n) is 2.26. The first-order valence-electron chi connectivity index (χ1n) is 7.41. The molecule has 0 saturated carbocycles. The molecule has 5 nitrogen and oxygen atoms in total. The molecule has 0 radical (unpaired) electrons. The summed E-state index contributed by atoms with van der Waals surface area (Å²) in [6, 6.07) is 13.9. The zero-order valence-corrected chi connectivity index (χ0v) is 14.2. The van der Waals surface area contributed by atoms with E-state index in [0.717, 1.165) is 5.56 Å². The molecule has 124 valence electrons. The van der Waals surface area contributed by atoms with Crippen molar-refractivity contribution in [3.8, 4) is 28.8 Å². The first-order chi connectivity index (χ1) is 12.0. The number of hydrogen-bond donors (Lipinski definition) is 2. The highest BCUT2D eigenvalue weighted by Crippen LogP contribution is 2.24. The molecule has 0 aliphatic rings. The molecule has 2 aromatic carbocycles. The average Bonchev–Trinajstić information content (AvgIpc) is 2.61. The van der Waals surface area contributed by atoms with Gasteiger partial charge in [0.2, 0.25) is 0 Å². The van der Waals surface area contributed by atoms with Gasteiger partial charge in [0.05, 0.1) is 22.7 Å². The van der Waals surface area contributed by atoms with Gasteiger partial charge in [-0.05, 0) is 30.2 Å². The third-order valence-electron chi connectivity index (χ3n) is 3.44. The Morgan fingerprint density at radius 2 is 1.92 bits per heavy atom. The molecule has 0 spiro atoms. The molecule has 0 amide bonds. The van der Waals surface area contributed by atoms with E-state index >= 15 is 0 Å². The van der Waals surface area contributed by atoms with Crippen LogP contribution in [-0.2, 0) is 10.8 Å². The molecule has 0 saturated heterocycles. The number of rotatable bonds is 2. The fraction of sp³-hybridized carbons (Fsp3) is 0.0526. The maximum Gasteiger partial charge on any atom is 0.158 e. The predicted octanol–water partition coefficient (Wildman–Crippen LogP) is 2.57. The second kappa shape index (κ2) is 7.16. The largest absolute Gasteiger partial charge is 0.508 e. The number of nitrogen functional groups attached to an aromatic ring is 1. The lowest BCUT2D eigenvalue weighted by Gasteiger charge is -2.07. The molecule has 3 aromatic rings. The number of aromatic nitrogens is 2. The van der Waals surface area contributed by atoms with E-state index in [4.69, 9.17) is 5.73 Å². The number of aromatic hydroxyl groups is 1. The van der Waals surface area contributed by atoms with Gasteiger partial charge in [-0.15, -0.1) is 0 Å². The topological polar surface area (TPSA) is 89.1 Å². The second-order valence-corrected chi connectivity index (χ2v) is 6.59. The zero-order valence-electron chi connectivity index (χ0n) is 13.4. The molecule has 1 heterocycles. The van der Waals surface area contributed by atoms with Crippen molar-refractivity contribution in [1.82, 2.24) is 9.97 Å². The molecule has 0 aliphatic heterocycles. The van der Waals surface area contributed by atoms with Gasteiger partial charge in [-0.2, -0.15) is 0 Å². The monoisotopic (exact) mass is 349 g/mol. The molecule has 3 N–H and O–H groups in total. The highest BCUT2D eigenvalue weighted by atomic mass is 32.2. The summed E-state index contributed by atoms with van der Waals surface area (Å²) in [5.74, 6) is 6.14. The predicted molar refractivity (Wildman–Crippen MR) is 98.3 cm³/mol. The number of phenols is 1. The van der Waals surface area contributed by atoms with Gasteiger partial charge in [-0.1, -0.05) is 30.2 Å². The first-order valence-corrected chi connectivity index (χ1v) is 8.97. The van der Waals surface area contributed by atoms with Crippen LogP contribution in [0.3, 0.4) is 0 Å². The van der Waals surface area contributed by atoms with Crippen LogP contribution in [0.4, 0.5) is 5.82 Å². The number of anilines is 1. The Bertz CT molecular complexity index is 1020. The van der Waals surface area contributed by atoms with Crippen LogP contribution in [0.15, 0.2) is 59.6 Å². The lowest BCUT2D eigenvalue weighted by Crippen LogP contribution is -2.01. The van der Waals surface area contributed by atoms with Crippen molar-refractivity contribution in [2.24, 2.45) is 0 Å². The van der Waals surface area contributed by atoms with Crippen LogP contribution in [0, 0.1) is 11.8 Å². The number of phenolic OH excluding ortho intramolecular Hbond substituents is 1. The van der Waals surface area contributed by atoms with Gasteiger partial charge in [-0.3, -0.25) is 4.21 Å². The lowest BCUT2D eigenvalue weighted by atomic mass is 10.1. The van der Waals surface area contributed by atoms with Crippen LogP contribution in [-0.4, -0.2) is 25.5 Å². The summed E-state index contributed by atoms with van der Waals surface area (Å²) >= 11 is 0. The van der Waals surface area contributed by atoms with Crippen molar-refractivity contribution in [3.63, 3.8) is 0 Å². The SMILES string of the molecule is CS(=O)c1ccccc1-c1cnc(N)c(C#Cc2cccc(O)c2)n1. The minimum atomic E-state index is -1.15. The van der Waals surface area contributed by atoms with Crippen molar-refractivity contribution >= 4 is 16.6 Å². The summed E-state index contributed by atoms with van der Waals surface area (Å²) in [4.78, 5) is 9.29. The summed E-state index contributed by atoms with van der Waals surface area (Å²) in [6.07, 6.45) is 3.16. The highest BCUT2D eigenvalue weighted by molar-refractivity contribution is 7.84. The van der Waals surface area contributed by atoms with Gasteiger partial charge in [-0.25, -0.2) is 9.97 Å². The second-order valence-electron chi connectivity index (χ2n) is 5.24. The van der Waals surface area contributed by atoms with E-state index in [1.54, 1.807) is 42.8 Å². The third kappa shape index (κ3) is 3.84. The van der Waals surface area contributed by atoms with Gasteiger partial charge in [0.15, 0.2) is 11.5 Å². The highest BCUT2D eigenvalue weighted by Gasteiger charge is 2.11. The molecule has 0 bridgehead atoms. The molecule has 1 atom stereocenters. The molecule has 3 rings (SSSR count). The van der Waals surface area contributed by atoms with Crippen molar-refractivity contribution in [2.45, 2.75) is 4.90 Å². The molecule has 25 heavy (non-hydrogen) atoms. The summed E-state index contributed by atoms with van der Waals surface area (Å²) in [7, 11) is -1.15. The molecule has 1 unspecified atom stereocenters. The van der Waals surface area contributed by atoms with E-state index in [1.807, 2.05) is 18.2 Å². The maximum absolute atomic E-state index is 11.9. The van der Waals surface area contributed by atoms with Crippen LogP contribution in [0.5, 0.6) is 5.75 Å². The number of hydrogen-bond acceptors (Lipinski definition) is 5. The molecular weight excluding hydrogens is 334 g/mol. The van der Waals surface area contributed by atoms with Gasteiger partial charge in [0, 0.05) is 22.3 Å². The molecule has 0 fully saturated rings. The summed E-state index contributed by atoms with van der Waals surface area (Å²) in [6.45, 7) is 0. The molecule has 1 aromatic heterocycles. The lowest BCUT2D eigenvalue weighted by molar-refractivity contribution is 0.475. The Morgan fingerprint density at radius 1 is 1.12 bits per heavy atom. The maximum atomic E-state index is 11.9. The summed E-state index contributed by atoms with van der Waals surface area (Å²) in [5.41, 5.74) is 8.13. The zero-order chi connectivity index (χ0) is 17.8. The Balaban J connectivity index is 2.05. The summed E-state index contributed by atoms with van der Waals surface area (Å²) < 4.78 is 11.9. The molecular formula is C19H15N3O2S. The third-order valence-corrected chi connectivity index (χ3v) is 4.42. The van der Waals surface area contributed by atoms with E-state index in [-0.39, 0.29) is 11.6 Å². The minimum Gasteiger partial charge on any atom is -0.508 e. The van der Waals surface area contributed by atoms with Gasteiger partial charge >= 0.3 is 0 Å². The van der Waals surface area contributed by atoms with E-state index < -0.39 is 10.8 Å². The van der Waals surface area contributed by atoms with E-state index in [0.29, 0.717) is 21.8 Å². The van der Waals surface area contributed by atoms with Crippen molar-refractivity contribution in [2.75, 3.05) is 12.0 Å². The Labute approximate surface area is 148 Å². The number of nitrogens with zero attached hydrogens (tertiary/aromatic N) is 2. The van der Waals surface area contributed by atoms with Crippen LogP contribution in [0.25, 0.3) is 11.3 Å². The Hall–Kier alpha value is -3.17. The number of benzene rings is 2. The van der Waals surface area contributed by atoms with Gasteiger partial charge in [0.25, 0.3) is 0 Å². The van der Waals surface area contributed by atoms with Gasteiger partial charge < -0.3 is 10.8 Å². The quantitative estimate of drug-likeness (QED) is 0.694. The normalized spacial score (nSPS) is 11.4. The molecule has 0 aliphatic carbocycles. The number of nitrogens with two attached hydrogens (primary N) is 1.